The number of aliphatic hydroxyl groups is 1. The van der Waals surface area contributed by atoms with Gasteiger partial charge in [-0.2, -0.15) is 0 Å². The number of carbonyl (C=O) groups excluding carboxylic acids is 1. The van der Waals surface area contributed by atoms with E-state index < -0.39 is 24.0 Å². The summed E-state index contributed by atoms with van der Waals surface area (Å²) in [6, 6.07) is 8.78. The van der Waals surface area contributed by atoms with Gasteiger partial charge < -0.3 is 14.6 Å². The molecule has 0 amide bonds. The normalized spacial score (nSPS) is 19.7. The number of hydrogen-bond acceptors (Lipinski definition) is 4. The molecule has 1 fully saturated rings. The van der Waals surface area contributed by atoms with E-state index >= 15 is 4.39 Å². The first-order chi connectivity index (χ1) is 16.0. The molecule has 2 aromatic carbocycles. The van der Waals surface area contributed by atoms with Crippen LogP contribution in [0.3, 0.4) is 0 Å². The van der Waals surface area contributed by atoms with Crippen molar-refractivity contribution in [1.29, 1.82) is 0 Å². The number of ether oxygens (including phenoxy) is 2. The van der Waals surface area contributed by atoms with E-state index in [0.717, 1.165) is 22.3 Å². The van der Waals surface area contributed by atoms with Crippen molar-refractivity contribution in [1.82, 2.24) is 0 Å². The van der Waals surface area contributed by atoms with E-state index in [0.29, 0.717) is 22.5 Å². The first kappa shape index (κ1) is 25.6. The lowest BCUT2D eigenvalue weighted by Gasteiger charge is -2.26. The molecule has 0 aliphatic carbocycles. The Kier molecular flexibility index (Phi) is 7.93. The fourth-order valence-corrected chi connectivity index (χ4v) is 4.40. The number of benzene rings is 2. The molecule has 1 N–H and O–H groups in total. The summed E-state index contributed by atoms with van der Waals surface area (Å²) in [6.07, 6.45) is -0.863. The number of allylic oxidation sites excluding steroid dienone is 2. The SMILES string of the molecule is COc1c(C)cc(C)cc1C(=C(C=C(F)[C@@H]1C[C@@H](O)CC(=O)O1)C(C)C)c1ccc(F)c(C)c1. The molecular weight excluding hydrogens is 438 g/mol. The summed E-state index contributed by atoms with van der Waals surface area (Å²) < 4.78 is 40.5. The molecule has 6 heteroatoms. The largest absolute Gasteiger partial charge is 0.496 e. The Balaban J connectivity index is 2.32. The first-order valence-electron chi connectivity index (χ1n) is 11.4. The van der Waals surface area contributed by atoms with Crippen molar-refractivity contribution in [3.63, 3.8) is 0 Å². The van der Waals surface area contributed by atoms with Gasteiger partial charge in [0.2, 0.25) is 0 Å². The number of aliphatic hydroxyl groups excluding tert-OH is 1. The van der Waals surface area contributed by atoms with Gasteiger partial charge in [-0.25, -0.2) is 8.78 Å². The Hall–Kier alpha value is -2.99. The number of methoxy groups -OCH3 is 1. The summed E-state index contributed by atoms with van der Waals surface area (Å²) in [5, 5.41) is 9.93. The van der Waals surface area contributed by atoms with Gasteiger partial charge in [0, 0.05) is 12.0 Å². The second kappa shape index (κ2) is 10.5. The molecule has 182 valence electrons. The molecule has 4 nitrogen and oxygen atoms in total. The van der Waals surface area contributed by atoms with Gasteiger partial charge in [-0.15, -0.1) is 0 Å². The van der Waals surface area contributed by atoms with Crippen LogP contribution in [0.2, 0.25) is 0 Å². The van der Waals surface area contributed by atoms with Crippen LogP contribution in [0.25, 0.3) is 5.57 Å². The smallest absolute Gasteiger partial charge is 0.309 e. The summed E-state index contributed by atoms with van der Waals surface area (Å²) in [5.74, 6) is -1.09. The highest BCUT2D eigenvalue weighted by molar-refractivity contribution is 5.87. The topological polar surface area (TPSA) is 55.8 Å². The molecule has 1 saturated heterocycles. The lowest BCUT2D eigenvalue weighted by molar-refractivity contribution is -0.158. The fourth-order valence-electron chi connectivity index (χ4n) is 4.40. The average molecular weight is 471 g/mol. The van der Waals surface area contributed by atoms with Crippen LogP contribution in [0.4, 0.5) is 8.78 Å². The third-order valence-corrected chi connectivity index (χ3v) is 6.01. The number of carbonyl (C=O) groups is 1. The van der Waals surface area contributed by atoms with Gasteiger partial charge in [0.05, 0.1) is 19.6 Å². The van der Waals surface area contributed by atoms with Gasteiger partial charge in [-0.1, -0.05) is 26.0 Å². The molecule has 0 spiro atoms. The minimum absolute atomic E-state index is 0.00267. The van der Waals surface area contributed by atoms with Crippen molar-refractivity contribution in [2.75, 3.05) is 7.11 Å². The van der Waals surface area contributed by atoms with Gasteiger partial charge in [-0.3, -0.25) is 4.79 Å². The molecule has 1 aliphatic heterocycles. The summed E-state index contributed by atoms with van der Waals surface area (Å²) in [5.41, 5.74) is 5.22. The highest BCUT2D eigenvalue weighted by atomic mass is 19.1. The van der Waals surface area contributed by atoms with Gasteiger partial charge in [0.25, 0.3) is 0 Å². The van der Waals surface area contributed by atoms with Gasteiger partial charge in [0.15, 0.2) is 6.10 Å². The van der Waals surface area contributed by atoms with Crippen LogP contribution >= 0.6 is 0 Å². The van der Waals surface area contributed by atoms with E-state index in [1.54, 1.807) is 26.2 Å². The van der Waals surface area contributed by atoms with E-state index in [1.165, 1.54) is 12.1 Å². The van der Waals surface area contributed by atoms with Crippen LogP contribution < -0.4 is 4.74 Å². The van der Waals surface area contributed by atoms with E-state index in [-0.39, 0.29) is 24.6 Å². The Morgan fingerprint density at radius 3 is 2.47 bits per heavy atom. The van der Waals surface area contributed by atoms with Crippen LogP contribution in [0.5, 0.6) is 5.75 Å². The first-order valence-corrected chi connectivity index (χ1v) is 11.4. The Labute approximate surface area is 199 Å². The third-order valence-electron chi connectivity index (χ3n) is 6.01. The summed E-state index contributed by atoms with van der Waals surface area (Å²) in [4.78, 5) is 11.8. The molecule has 0 radical (unpaired) electrons. The molecule has 0 unspecified atom stereocenters. The van der Waals surface area contributed by atoms with Crippen molar-refractivity contribution < 1.29 is 28.2 Å². The number of hydrogen-bond donors (Lipinski definition) is 1. The average Bonchev–Trinajstić information content (AvgIpc) is 2.74. The molecule has 1 aliphatic rings. The lowest BCUT2D eigenvalue weighted by atomic mass is 9.85. The van der Waals surface area contributed by atoms with Crippen molar-refractivity contribution >= 4 is 11.5 Å². The van der Waals surface area contributed by atoms with Gasteiger partial charge >= 0.3 is 5.97 Å². The van der Waals surface area contributed by atoms with Crippen LogP contribution in [0, 0.1) is 32.5 Å². The molecule has 0 saturated carbocycles. The minimum atomic E-state index is -1.15. The summed E-state index contributed by atoms with van der Waals surface area (Å²) in [7, 11) is 1.59. The number of aryl methyl sites for hydroxylation is 3. The number of rotatable bonds is 6. The zero-order chi connectivity index (χ0) is 25.2. The van der Waals surface area contributed by atoms with Crippen LogP contribution in [-0.4, -0.2) is 30.4 Å². The third kappa shape index (κ3) is 5.55. The van der Waals surface area contributed by atoms with Crippen LogP contribution in [0.15, 0.2) is 47.8 Å². The minimum Gasteiger partial charge on any atom is -0.496 e. The van der Waals surface area contributed by atoms with E-state index in [9.17, 15) is 14.3 Å². The predicted molar refractivity (Wildman–Crippen MR) is 129 cm³/mol. The van der Waals surface area contributed by atoms with Crippen LogP contribution in [-0.2, 0) is 9.53 Å². The number of esters is 1. The van der Waals surface area contributed by atoms with Crippen LogP contribution in [0.1, 0.15) is 54.5 Å². The molecule has 2 atom stereocenters. The molecule has 2 aromatic rings. The van der Waals surface area contributed by atoms with Crippen molar-refractivity contribution in [2.24, 2.45) is 5.92 Å². The van der Waals surface area contributed by atoms with Gasteiger partial charge in [0.1, 0.15) is 17.4 Å². The predicted octanol–water partition coefficient (Wildman–Crippen LogP) is 6.14. The van der Waals surface area contributed by atoms with Crippen molar-refractivity contribution in [3.8, 4) is 5.75 Å². The number of halogens is 2. The molecule has 0 bridgehead atoms. The highest BCUT2D eigenvalue weighted by Gasteiger charge is 2.31. The second-order valence-electron chi connectivity index (χ2n) is 9.21. The monoisotopic (exact) mass is 470 g/mol. The van der Waals surface area contributed by atoms with E-state index in [4.69, 9.17) is 9.47 Å². The van der Waals surface area contributed by atoms with E-state index in [1.807, 2.05) is 39.8 Å². The Morgan fingerprint density at radius 1 is 1.18 bits per heavy atom. The molecule has 34 heavy (non-hydrogen) atoms. The van der Waals surface area contributed by atoms with Crippen molar-refractivity contribution in [2.45, 2.75) is 59.7 Å². The zero-order valence-corrected chi connectivity index (χ0v) is 20.5. The number of cyclic esters (lactones) is 1. The standard InChI is InChI=1S/C28H32F2O4/c1-15(2)21(14-24(30)25-12-20(31)13-26(32)34-25)27(19-7-8-23(29)17(4)11-19)22-10-16(3)9-18(5)28(22)33-6/h7-11,14-15,20,25,31H,12-13H2,1-6H3/t20-,25+/m1/s1. The quantitative estimate of drug-likeness (QED) is 0.407. The van der Waals surface area contributed by atoms with Crippen molar-refractivity contribution in [3.05, 3.63) is 81.4 Å². The van der Waals surface area contributed by atoms with E-state index in [2.05, 4.69) is 0 Å². The maximum absolute atomic E-state index is 15.5. The maximum atomic E-state index is 15.5. The molecular formula is C28H32F2O4. The molecule has 0 aromatic heterocycles. The lowest BCUT2D eigenvalue weighted by Crippen LogP contribution is -2.33. The molecule has 1 heterocycles. The highest BCUT2D eigenvalue weighted by Crippen LogP contribution is 2.40. The maximum Gasteiger partial charge on any atom is 0.309 e. The summed E-state index contributed by atoms with van der Waals surface area (Å²) >= 11 is 0. The van der Waals surface area contributed by atoms with Gasteiger partial charge in [-0.05, 0) is 84.4 Å². The second-order valence-corrected chi connectivity index (χ2v) is 9.21. The Morgan fingerprint density at radius 2 is 1.88 bits per heavy atom. The zero-order valence-electron chi connectivity index (χ0n) is 20.5. The molecule has 3 rings (SSSR count). The Bertz CT molecular complexity index is 1150. The summed E-state index contributed by atoms with van der Waals surface area (Å²) in [6.45, 7) is 9.47. The fraction of sp³-hybridized carbons (Fsp3) is 0.393.